The molecule has 0 atom stereocenters. The van der Waals surface area contributed by atoms with E-state index in [0.29, 0.717) is 15.2 Å². The second kappa shape index (κ2) is 8.14. The molecule has 0 saturated carbocycles. The Morgan fingerprint density at radius 1 is 1.41 bits per heavy atom. The molecule has 3 N–H and O–H groups in total. The second-order valence-corrected chi connectivity index (χ2v) is 7.23. The van der Waals surface area contributed by atoms with E-state index in [-0.39, 0.29) is 5.91 Å². The first-order valence-corrected chi connectivity index (χ1v) is 9.00. The highest BCUT2D eigenvalue weighted by atomic mass is 32.2. The molecule has 0 radical (unpaired) electrons. The molecule has 22 heavy (non-hydrogen) atoms. The molecule has 2 aromatic rings. The standard InChI is InChI=1S/C15H20N4OS2/c1-3-4-5-11-6-7-12(10(2)8-11)17-13(20)9-21-15-19-18-14(16)22-15/h6-8H,3-5,9H2,1-2H3,(H2,16,18)(H,17,20). The van der Waals surface area contributed by atoms with E-state index in [2.05, 4.69) is 34.6 Å². The van der Waals surface area contributed by atoms with Crippen LogP contribution in [0.4, 0.5) is 10.8 Å². The minimum absolute atomic E-state index is 0.0526. The van der Waals surface area contributed by atoms with Gasteiger partial charge in [0, 0.05) is 5.69 Å². The fraction of sp³-hybridized carbons (Fsp3) is 0.400. The smallest absolute Gasteiger partial charge is 0.234 e. The van der Waals surface area contributed by atoms with Crippen LogP contribution in [0.15, 0.2) is 22.5 Å². The number of rotatable bonds is 7. The van der Waals surface area contributed by atoms with Crippen molar-refractivity contribution in [2.75, 3.05) is 16.8 Å². The summed E-state index contributed by atoms with van der Waals surface area (Å²) in [5.41, 5.74) is 8.78. The van der Waals surface area contributed by atoms with Gasteiger partial charge in [0.15, 0.2) is 4.34 Å². The van der Waals surface area contributed by atoms with Gasteiger partial charge in [-0.2, -0.15) is 0 Å². The van der Waals surface area contributed by atoms with Gasteiger partial charge in [0.25, 0.3) is 0 Å². The van der Waals surface area contributed by atoms with Crippen molar-refractivity contribution in [3.63, 3.8) is 0 Å². The maximum Gasteiger partial charge on any atom is 0.234 e. The molecular formula is C15H20N4OS2. The van der Waals surface area contributed by atoms with Crippen molar-refractivity contribution in [1.82, 2.24) is 10.2 Å². The van der Waals surface area contributed by atoms with Crippen LogP contribution in [0.3, 0.4) is 0 Å². The summed E-state index contributed by atoms with van der Waals surface area (Å²) in [6, 6.07) is 6.20. The van der Waals surface area contributed by atoms with Gasteiger partial charge in [0.2, 0.25) is 11.0 Å². The number of carbonyl (C=O) groups excluding carboxylic acids is 1. The summed E-state index contributed by atoms with van der Waals surface area (Å²) in [5, 5.41) is 11.0. The quantitative estimate of drug-likeness (QED) is 0.756. The number of aromatic nitrogens is 2. The third-order valence-corrected chi connectivity index (χ3v) is 5.02. The maximum absolute atomic E-state index is 12.0. The molecule has 0 saturated heterocycles. The Labute approximate surface area is 138 Å². The Morgan fingerprint density at radius 2 is 2.23 bits per heavy atom. The number of nitrogens with zero attached hydrogens (tertiary/aromatic N) is 2. The fourth-order valence-corrected chi connectivity index (χ4v) is 3.43. The summed E-state index contributed by atoms with van der Waals surface area (Å²) in [4.78, 5) is 12.0. The van der Waals surface area contributed by atoms with Gasteiger partial charge in [-0.05, 0) is 37.0 Å². The predicted molar refractivity (Wildman–Crippen MR) is 93.5 cm³/mol. The first-order chi connectivity index (χ1) is 10.6. The summed E-state index contributed by atoms with van der Waals surface area (Å²) in [6.07, 6.45) is 3.46. The van der Waals surface area contributed by atoms with Crippen LogP contribution in [0.25, 0.3) is 0 Å². The number of thioether (sulfide) groups is 1. The van der Waals surface area contributed by atoms with E-state index in [4.69, 9.17) is 5.73 Å². The Kier molecular flexibility index (Phi) is 6.21. The number of aryl methyl sites for hydroxylation is 2. The molecule has 0 unspecified atom stereocenters. The third-order valence-electron chi connectivity index (χ3n) is 3.13. The number of unbranched alkanes of at least 4 members (excludes halogenated alkanes) is 1. The lowest BCUT2D eigenvalue weighted by Gasteiger charge is -2.10. The van der Waals surface area contributed by atoms with Gasteiger partial charge in [-0.25, -0.2) is 0 Å². The molecule has 0 spiro atoms. The summed E-state index contributed by atoms with van der Waals surface area (Å²) in [5.74, 6) is 0.245. The topological polar surface area (TPSA) is 80.9 Å². The zero-order valence-electron chi connectivity index (χ0n) is 12.8. The Balaban J connectivity index is 1.88. The third kappa shape index (κ3) is 4.99. The van der Waals surface area contributed by atoms with E-state index in [0.717, 1.165) is 17.7 Å². The molecule has 2 rings (SSSR count). The van der Waals surface area contributed by atoms with Gasteiger partial charge >= 0.3 is 0 Å². The summed E-state index contributed by atoms with van der Waals surface area (Å²) < 4.78 is 0.708. The molecule has 1 aromatic heterocycles. The lowest BCUT2D eigenvalue weighted by atomic mass is 10.0. The van der Waals surface area contributed by atoms with E-state index in [1.807, 2.05) is 13.0 Å². The molecule has 0 aliphatic carbocycles. The van der Waals surface area contributed by atoms with Crippen molar-refractivity contribution in [2.45, 2.75) is 37.4 Å². The summed E-state index contributed by atoms with van der Waals surface area (Å²) >= 11 is 2.63. The van der Waals surface area contributed by atoms with Crippen molar-refractivity contribution in [1.29, 1.82) is 0 Å². The molecule has 0 fully saturated rings. The molecule has 0 aliphatic heterocycles. The molecule has 0 aliphatic rings. The SMILES string of the molecule is CCCCc1ccc(NC(=O)CSc2nnc(N)s2)c(C)c1. The van der Waals surface area contributed by atoms with Gasteiger partial charge in [-0.15, -0.1) is 10.2 Å². The molecule has 1 heterocycles. The summed E-state index contributed by atoms with van der Waals surface area (Å²) in [6.45, 7) is 4.20. The lowest BCUT2D eigenvalue weighted by Crippen LogP contribution is -2.14. The van der Waals surface area contributed by atoms with Crippen molar-refractivity contribution >= 4 is 39.8 Å². The van der Waals surface area contributed by atoms with Crippen LogP contribution in [-0.4, -0.2) is 21.9 Å². The van der Waals surface area contributed by atoms with Crippen LogP contribution >= 0.6 is 23.1 Å². The van der Waals surface area contributed by atoms with Crippen LogP contribution in [-0.2, 0) is 11.2 Å². The van der Waals surface area contributed by atoms with E-state index in [9.17, 15) is 4.79 Å². The number of benzene rings is 1. The lowest BCUT2D eigenvalue weighted by molar-refractivity contribution is -0.113. The van der Waals surface area contributed by atoms with Crippen LogP contribution in [0.1, 0.15) is 30.9 Å². The van der Waals surface area contributed by atoms with Crippen LogP contribution in [0, 0.1) is 6.92 Å². The van der Waals surface area contributed by atoms with Crippen LogP contribution in [0.2, 0.25) is 0 Å². The van der Waals surface area contributed by atoms with Crippen molar-refractivity contribution in [3.8, 4) is 0 Å². The minimum atomic E-state index is -0.0526. The van der Waals surface area contributed by atoms with Gasteiger partial charge < -0.3 is 11.1 Å². The van der Waals surface area contributed by atoms with E-state index in [1.54, 1.807) is 0 Å². The van der Waals surface area contributed by atoms with Gasteiger partial charge in [-0.3, -0.25) is 4.79 Å². The van der Waals surface area contributed by atoms with Gasteiger partial charge in [-0.1, -0.05) is 48.6 Å². The molecule has 5 nitrogen and oxygen atoms in total. The molecular weight excluding hydrogens is 316 g/mol. The van der Waals surface area contributed by atoms with E-state index >= 15 is 0 Å². The average molecular weight is 336 g/mol. The van der Waals surface area contributed by atoms with Crippen molar-refractivity contribution in [2.24, 2.45) is 0 Å². The Hall–Kier alpha value is -1.60. The number of hydrogen-bond donors (Lipinski definition) is 2. The molecule has 7 heteroatoms. The predicted octanol–water partition coefficient (Wildman–Crippen LogP) is 3.50. The normalized spacial score (nSPS) is 10.6. The number of anilines is 2. The largest absolute Gasteiger partial charge is 0.374 e. The Bertz CT molecular complexity index is 642. The molecule has 118 valence electrons. The van der Waals surface area contributed by atoms with Crippen LogP contribution < -0.4 is 11.1 Å². The number of nitrogen functional groups attached to an aromatic ring is 1. The highest BCUT2D eigenvalue weighted by Gasteiger charge is 2.09. The second-order valence-electron chi connectivity index (χ2n) is 5.00. The fourth-order valence-electron chi connectivity index (χ4n) is 1.99. The number of hydrogen-bond acceptors (Lipinski definition) is 6. The summed E-state index contributed by atoms with van der Waals surface area (Å²) in [7, 11) is 0. The Morgan fingerprint density at radius 3 is 2.86 bits per heavy atom. The maximum atomic E-state index is 12.0. The molecule has 1 aromatic carbocycles. The highest BCUT2D eigenvalue weighted by molar-refractivity contribution is 8.01. The number of nitrogens with two attached hydrogens (primary N) is 1. The number of nitrogens with one attached hydrogen (secondary N) is 1. The van der Waals surface area contributed by atoms with Crippen LogP contribution in [0.5, 0.6) is 0 Å². The number of carbonyl (C=O) groups is 1. The average Bonchev–Trinajstić information content (AvgIpc) is 2.91. The zero-order chi connectivity index (χ0) is 15.9. The highest BCUT2D eigenvalue weighted by Crippen LogP contribution is 2.24. The monoisotopic (exact) mass is 336 g/mol. The zero-order valence-corrected chi connectivity index (χ0v) is 14.4. The van der Waals surface area contributed by atoms with Crippen molar-refractivity contribution < 1.29 is 4.79 Å². The molecule has 0 bridgehead atoms. The number of amides is 1. The van der Waals surface area contributed by atoms with Crippen molar-refractivity contribution in [3.05, 3.63) is 29.3 Å². The van der Waals surface area contributed by atoms with Gasteiger partial charge in [0.1, 0.15) is 0 Å². The molecule has 1 amide bonds. The minimum Gasteiger partial charge on any atom is -0.374 e. The van der Waals surface area contributed by atoms with Gasteiger partial charge in [0.05, 0.1) is 5.75 Å². The first kappa shape index (κ1) is 16.8. The van der Waals surface area contributed by atoms with E-state index in [1.165, 1.54) is 41.5 Å². The van der Waals surface area contributed by atoms with E-state index < -0.39 is 0 Å². The first-order valence-electron chi connectivity index (χ1n) is 7.19.